The van der Waals surface area contributed by atoms with Gasteiger partial charge in [-0.2, -0.15) is 0 Å². The van der Waals surface area contributed by atoms with Crippen molar-refractivity contribution < 1.29 is 9.84 Å². The fourth-order valence-corrected chi connectivity index (χ4v) is 1.86. The minimum Gasteiger partial charge on any atom is -0.504 e. The minimum atomic E-state index is 0.235. The standard InChI is InChI=1S/C13H20O2/c1-4-5-10(2)8-11-6-7-13(15-3)12(14)9-11/h6-7,9-10,14H,4-5,8H2,1-3H3. The lowest BCUT2D eigenvalue weighted by Gasteiger charge is -2.11. The van der Waals surface area contributed by atoms with Gasteiger partial charge in [-0.3, -0.25) is 0 Å². The van der Waals surface area contributed by atoms with E-state index < -0.39 is 0 Å². The molecule has 1 atom stereocenters. The number of ether oxygens (including phenoxy) is 1. The molecule has 1 aromatic carbocycles. The summed E-state index contributed by atoms with van der Waals surface area (Å²) in [6.07, 6.45) is 3.46. The van der Waals surface area contributed by atoms with Crippen LogP contribution in [0.3, 0.4) is 0 Å². The van der Waals surface area contributed by atoms with Crippen molar-refractivity contribution in [2.45, 2.75) is 33.1 Å². The number of phenolic OH excluding ortho intramolecular Hbond substituents is 1. The van der Waals surface area contributed by atoms with Crippen molar-refractivity contribution in [3.63, 3.8) is 0 Å². The van der Waals surface area contributed by atoms with Gasteiger partial charge in [0.15, 0.2) is 11.5 Å². The van der Waals surface area contributed by atoms with Gasteiger partial charge in [0.05, 0.1) is 7.11 Å². The molecule has 0 heterocycles. The van der Waals surface area contributed by atoms with Gasteiger partial charge in [-0.25, -0.2) is 0 Å². The first-order valence-corrected chi connectivity index (χ1v) is 5.53. The summed E-state index contributed by atoms with van der Waals surface area (Å²) in [6, 6.07) is 5.64. The van der Waals surface area contributed by atoms with Crippen LogP contribution in [0.5, 0.6) is 11.5 Å². The summed E-state index contributed by atoms with van der Waals surface area (Å²) in [5, 5.41) is 9.61. The van der Waals surface area contributed by atoms with Crippen LogP contribution in [-0.4, -0.2) is 12.2 Å². The molecule has 0 bridgehead atoms. The summed E-state index contributed by atoms with van der Waals surface area (Å²) < 4.78 is 5.00. The van der Waals surface area contributed by atoms with Crippen LogP contribution in [0.2, 0.25) is 0 Å². The minimum absolute atomic E-state index is 0.235. The molecular formula is C13H20O2. The van der Waals surface area contributed by atoms with Gasteiger partial charge in [0.25, 0.3) is 0 Å². The summed E-state index contributed by atoms with van der Waals surface area (Å²) in [7, 11) is 1.56. The molecule has 0 amide bonds. The summed E-state index contributed by atoms with van der Waals surface area (Å²) in [4.78, 5) is 0. The molecule has 2 heteroatoms. The Morgan fingerprint density at radius 3 is 2.67 bits per heavy atom. The Balaban J connectivity index is 2.66. The Morgan fingerprint density at radius 2 is 2.13 bits per heavy atom. The molecule has 0 aliphatic carbocycles. The Morgan fingerprint density at radius 1 is 1.40 bits per heavy atom. The van der Waals surface area contributed by atoms with Crippen molar-refractivity contribution in [1.29, 1.82) is 0 Å². The Bertz CT molecular complexity index is 307. The number of benzene rings is 1. The van der Waals surface area contributed by atoms with Gasteiger partial charge < -0.3 is 9.84 Å². The Kier molecular flexibility index (Phi) is 4.47. The molecule has 0 fully saturated rings. The lowest BCUT2D eigenvalue weighted by molar-refractivity contribution is 0.372. The fraction of sp³-hybridized carbons (Fsp3) is 0.538. The Hall–Kier alpha value is -1.18. The number of rotatable bonds is 5. The van der Waals surface area contributed by atoms with Gasteiger partial charge in [0.2, 0.25) is 0 Å². The first kappa shape index (κ1) is 11.9. The molecule has 0 saturated heterocycles. The van der Waals surface area contributed by atoms with E-state index in [-0.39, 0.29) is 5.75 Å². The predicted octanol–water partition coefficient (Wildman–Crippen LogP) is 3.38. The quantitative estimate of drug-likeness (QED) is 0.803. The van der Waals surface area contributed by atoms with Crippen molar-refractivity contribution in [2.75, 3.05) is 7.11 Å². The van der Waals surface area contributed by atoms with E-state index in [0.717, 1.165) is 6.42 Å². The van der Waals surface area contributed by atoms with Crippen LogP contribution in [0.15, 0.2) is 18.2 Å². The van der Waals surface area contributed by atoms with Crippen LogP contribution < -0.4 is 4.74 Å². The second-order valence-corrected chi connectivity index (χ2v) is 4.10. The zero-order chi connectivity index (χ0) is 11.3. The molecule has 0 spiro atoms. The van der Waals surface area contributed by atoms with Crippen molar-refractivity contribution in [2.24, 2.45) is 5.92 Å². The average Bonchev–Trinajstić information content (AvgIpc) is 2.18. The second kappa shape index (κ2) is 5.64. The van der Waals surface area contributed by atoms with E-state index in [9.17, 15) is 5.11 Å². The predicted molar refractivity (Wildman–Crippen MR) is 62.4 cm³/mol. The molecule has 0 saturated carbocycles. The molecule has 84 valence electrons. The SMILES string of the molecule is CCCC(C)Cc1ccc(OC)c(O)c1. The summed E-state index contributed by atoms with van der Waals surface area (Å²) in [6.45, 7) is 4.44. The first-order chi connectivity index (χ1) is 7.17. The highest BCUT2D eigenvalue weighted by molar-refractivity contribution is 5.41. The molecule has 15 heavy (non-hydrogen) atoms. The van der Waals surface area contributed by atoms with Crippen LogP contribution in [0.4, 0.5) is 0 Å². The smallest absolute Gasteiger partial charge is 0.160 e. The van der Waals surface area contributed by atoms with Gasteiger partial charge >= 0.3 is 0 Å². The fourth-order valence-electron chi connectivity index (χ4n) is 1.86. The molecule has 1 N–H and O–H groups in total. The van der Waals surface area contributed by atoms with Crippen LogP contribution in [0, 0.1) is 5.92 Å². The third-order valence-electron chi connectivity index (χ3n) is 2.61. The summed E-state index contributed by atoms with van der Waals surface area (Å²) in [5.74, 6) is 1.45. The van der Waals surface area contributed by atoms with Crippen LogP contribution in [-0.2, 0) is 6.42 Å². The normalized spacial score (nSPS) is 12.5. The van der Waals surface area contributed by atoms with E-state index >= 15 is 0 Å². The summed E-state index contributed by atoms with van der Waals surface area (Å²) >= 11 is 0. The van der Waals surface area contributed by atoms with Crippen LogP contribution >= 0.6 is 0 Å². The number of hydrogen-bond donors (Lipinski definition) is 1. The van der Waals surface area contributed by atoms with Gasteiger partial charge in [0, 0.05) is 0 Å². The van der Waals surface area contributed by atoms with Gasteiger partial charge in [-0.05, 0) is 30.0 Å². The molecule has 0 radical (unpaired) electrons. The first-order valence-electron chi connectivity index (χ1n) is 5.53. The highest BCUT2D eigenvalue weighted by Gasteiger charge is 2.06. The highest BCUT2D eigenvalue weighted by atomic mass is 16.5. The largest absolute Gasteiger partial charge is 0.504 e. The molecule has 2 nitrogen and oxygen atoms in total. The number of aromatic hydroxyl groups is 1. The van der Waals surface area contributed by atoms with Crippen LogP contribution in [0.25, 0.3) is 0 Å². The molecule has 1 unspecified atom stereocenters. The van der Waals surface area contributed by atoms with Crippen molar-refractivity contribution in [3.8, 4) is 11.5 Å². The van der Waals surface area contributed by atoms with E-state index in [1.165, 1.54) is 18.4 Å². The molecule has 0 aromatic heterocycles. The maximum atomic E-state index is 9.61. The van der Waals surface area contributed by atoms with E-state index in [1.807, 2.05) is 12.1 Å². The zero-order valence-corrected chi connectivity index (χ0v) is 9.79. The number of methoxy groups -OCH3 is 1. The highest BCUT2D eigenvalue weighted by Crippen LogP contribution is 2.27. The lowest BCUT2D eigenvalue weighted by Crippen LogP contribution is -1.99. The lowest BCUT2D eigenvalue weighted by atomic mass is 9.97. The maximum absolute atomic E-state index is 9.61. The van der Waals surface area contributed by atoms with Gasteiger partial charge in [-0.1, -0.05) is 32.8 Å². The number of phenols is 1. The summed E-state index contributed by atoms with van der Waals surface area (Å²) in [5.41, 5.74) is 1.18. The molecule has 0 aliphatic rings. The third kappa shape index (κ3) is 3.46. The molecular weight excluding hydrogens is 188 g/mol. The average molecular weight is 208 g/mol. The van der Waals surface area contributed by atoms with Crippen molar-refractivity contribution in [1.82, 2.24) is 0 Å². The zero-order valence-electron chi connectivity index (χ0n) is 9.79. The van der Waals surface area contributed by atoms with Crippen molar-refractivity contribution >= 4 is 0 Å². The monoisotopic (exact) mass is 208 g/mol. The van der Waals surface area contributed by atoms with E-state index in [4.69, 9.17) is 4.74 Å². The van der Waals surface area contributed by atoms with Crippen molar-refractivity contribution in [3.05, 3.63) is 23.8 Å². The second-order valence-electron chi connectivity index (χ2n) is 4.10. The molecule has 1 aromatic rings. The Labute approximate surface area is 91.9 Å². The number of hydrogen-bond acceptors (Lipinski definition) is 2. The van der Waals surface area contributed by atoms with E-state index in [1.54, 1.807) is 13.2 Å². The molecule has 0 aliphatic heterocycles. The van der Waals surface area contributed by atoms with Gasteiger partial charge in [0.1, 0.15) is 0 Å². The van der Waals surface area contributed by atoms with Crippen LogP contribution in [0.1, 0.15) is 32.3 Å². The maximum Gasteiger partial charge on any atom is 0.160 e. The molecule has 1 rings (SSSR count). The topological polar surface area (TPSA) is 29.5 Å². The van der Waals surface area contributed by atoms with E-state index in [0.29, 0.717) is 11.7 Å². The van der Waals surface area contributed by atoms with E-state index in [2.05, 4.69) is 13.8 Å². The third-order valence-corrected chi connectivity index (χ3v) is 2.61. The van der Waals surface area contributed by atoms with Gasteiger partial charge in [-0.15, -0.1) is 0 Å².